The molecule has 1 aromatic carbocycles. The summed E-state index contributed by atoms with van der Waals surface area (Å²) in [6, 6.07) is 7.02. The van der Waals surface area contributed by atoms with Gasteiger partial charge in [-0.3, -0.25) is 4.79 Å². The van der Waals surface area contributed by atoms with E-state index >= 15 is 0 Å². The van der Waals surface area contributed by atoms with Crippen molar-refractivity contribution in [2.24, 2.45) is 5.41 Å². The highest BCUT2D eigenvalue weighted by atomic mass is 16.5. The molecule has 0 unspecified atom stereocenters. The summed E-state index contributed by atoms with van der Waals surface area (Å²) in [5, 5.41) is 10.9. The highest BCUT2D eigenvalue weighted by molar-refractivity contribution is 5.73. The largest absolute Gasteiger partial charge is 0.427 e. The molecule has 6 heteroatoms. The lowest BCUT2D eigenvalue weighted by atomic mass is 9.92. The standard InChI is InChI=1S/C13H16N4O2/c1-13(2,3)8-12(18)19-11-6-4-10(5-7-11)17-9-14-15-16-17/h4-7,9H,8H2,1-3H3. The van der Waals surface area contributed by atoms with Crippen molar-refractivity contribution in [1.29, 1.82) is 0 Å². The number of aromatic nitrogens is 4. The zero-order chi connectivity index (χ0) is 13.9. The Labute approximate surface area is 111 Å². The van der Waals surface area contributed by atoms with Gasteiger partial charge in [0, 0.05) is 0 Å². The van der Waals surface area contributed by atoms with E-state index in [2.05, 4.69) is 15.5 Å². The van der Waals surface area contributed by atoms with Crippen molar-refractivity contribution < 1.29 is 9.53 Å². The molecule has 0 atom stereocenters. The van der Waals surface area contributed by atoms with Crippen LogP contribution in [0.3, 0.4) is 0 Å². The molecule has 100 valence electrons. The normalized spacial score (nSPS) is 11.3. The summed E-state index contributed by atoms with van der Waals surface area (Å²) in [5.74, 6) is 0.286. The number of benzene rings is 1. The van der Waals surface area contributed by atoms with Crippen LogP contribution in [0.15, 0.2) is 30.6 Å². The van der Waals surface area contributed by atoms with Gasteiger partial charge >= 0.3 is 5.97 Å². The monoisotopic (exact) mass is 260 g/mol. The Kier molecular flexibility index (Phi) is 3.59. The van der Waals surface area contributed by atoms with Crippen LogP contribution in [0.5, 0.6) is 5.75 Å². The molecule has 2 aromatic rings. The fourth-order valence-electron chi connectivity index (χ4n) is 1.55. The summed E-state index contributed by atoms with van der Waals surface area (Å²) in [5.41, 5.74) is 0.726. The van der Waals surface area contributed by atoms with Gasteiger partial charge in [0.2, 0.25) is 0 Å². The number of nitrogens with zero attached hydrogens (tertiary/aromatic N) is 4. The van der Waals surface area contributed by atoms with E-state index in [9.17, 15) is 4.79 Å². The van der Waals surface area contributed by atoms with Crippen LogP contribution in [-0.2, 0) is 4.79 Å². The smallest absolute Gasteiger partial charge is 0.311 e. The fourth-order valence-corrected chi connectivity index (χ4v) is 1.55. The van der Waals surface area contributed by atoms with Gasteiger partial charge in [0.25, 0.3) is 0 Å². The first-order chi connectivity index (χ1) is 8.94. The number of ether oxygens (including phenoxy) is 1. The molecule has 0 radical (unpaired) electrons. The van der Waals surface area contributed by atoms with Gasteiger partial charge in [0.05, 0.1) is 12.1 Å². The SMILES string of the molecule is CC(C)(C)CC(=O)Oc1ccc(-n2cnnn2)cc1. The predicted molar refractivity (Wildman–Crippen MR) is 68.9 cm³/mol. The zero-order valence-corrected chi connectivity index (χ0v) is 11.2. The first-order valence-electron chi connectivity index (χ1n) is 5.98. The van der Waals surface area contributed by atoms with E-state index in [-0.39, 0.29) is 11.4 Å². The van der Waals surface area contributed by atoms with Crippen LogP contribution in [0, 0.1) is 5.41 Å². The minimum absolute atomic E-state index is 0.0799. The molecule has 0 bridgehead atoms. The van der Waals surface area contributed by atoms with Gasteiger partial charge in [-0.1, -0.05) is 20.8 Å². The molecule has 0 amide bonds. The second-order valence-electron chi connectivity index (χ2n) is 5.46. The Bertz CT molecular complexity index is 541. The second-order valence-corrected chi connectivity index (χ2v) is 5.46. The lowest BCUT2D eigenvalue weighted by Crippen LogP contribution is -2.17. The van der Waals surface area contributed by atoms with Crippen LogP contribution in [-0.4, -0.2) is 26.2 Å². The predicted octanol–water partition coefficient (Wildman–Crippen LogP) is 2.00. The Morgan fingerprint density at radius 2 is 1.95 bits per heavy atom. The summed E-state index contributed by atoms with van der Waals surface area (Å²) in [6.07, 6.45) is 1.88. The number of hydrogen-bond acceptors (Lipinski definition) is 5. The molecule has 1 heterocycles. The third kappa shape index (κ3) is 3.87. The quantitative estimate of drug-likeness (QED) is 0.623. The average molecular weight is 260 g/mol. The molecule has 19 heavy (non-hydrogen) atoms. The lowest BCUT2D eigenvalue weighted by molar-refractivity contribution is -0.136. The number of carbonyl (C=O) groups excluding carboxylic acids is 1. The Balaban J connectivity index is 2.01. The number of tetrazole rings is 1. The number of hydrogen-bond donors (Lipinski definition) is 0. The van der Waals surface area contributed by atoms with Gasteiger partial charge in [-0.15, -0.1) is 5.10 Å². The second kappa shape index (κ2) is 5.17. The van der Waals surface area contributed by atoms with E-state index in [0.717, 1.165) is 5.69 Å². The van der Waals surface area contributed by atoms with Crippen LogP contribution in [0.4, 0.5) is 0 Å². The molecule has 0 spiro atoms. The van der Waals surface area contributed by atoms with E-state index in [1.54, 1.807) is 24.3 Å². The molecule has 0 aliphatic heterocycles. The van der Waals surface area contributed by atoms with Crippen molar-refractivity contribution in [1.82, 2.24) is 20.2 Å². The lowest BCUT2D eigenvalue weighted by Gasteiger charge is -2.16. The Hall–Kier alpha value is -2.24. The number of carbonyl (C=O) groups is 1. The van der Waals surface area contributed by atoms with Gasteiger partial charge < -0.3 is 4.74 Å². The molecule has 0 saturated carbocycles. The Morgan fingerprint density at radius 3 is 2.47 bits per heavy atom. The van der Waals surface area contributed by atoms with Crippen LogP contribution in [0.2, 0.25) is 0 Å². The van der Waals surface area contributed by atoms with Gasteiger partial charge in [-0.05, 0) is 40.1 Å². The minimum Gasteiger partial charge on any atom is -0.427 e. The Morgan fingerprint density at radius 1 is 1.26 bits per heavy atom. The third-order valence-electron chi connectivity index (χ3n) is 2.36. The summed E-state index contributed by atoms with van der Waals surface area (Å²) < 4.78 is 6.79. The van der Waals surface area contributed by atoms with Crippen molar-refractivity contribution in [3.63, 3.8) is 0 Å². The molecule has 0 aliphatic rings. The number of esters is 1. The maximum absolute atomic E-state index is 11.7. The minimum atomic E-state index is -0.234. The maximum Gasteiger partial charge on any atom is 0.311 e. The van der Waals surface area contributed by atoms with Crippen molar-refractivity contribution in [2.45, 2.75) is 27.2 Å². The van der Waals surface area contributed by atoms with E-state index in [1.807, 2.05) is 20.8 Å². The van der Waals surface area contributed by atoms with Crippen LogP contribution in [0.1, 0.15) is 27.2 Å². The molecular formula is C13H16N4O2. The molecular weight excluding hydrogens is 244 g/mol. The van der Waals surface area contributed by atoms with Gasteiger partial charge in [0.15, 0.2) is 0 Å². The van der Waals surface area contributed by atoms with Gasteiger partial charge in [0.1, 0.15) is 12.1 Å². The molecule has 2 rings (SSSR count). The first-order valence-corrected chi connectivity index (χ1v) is 5.98. The summed E-state index contributed by atoms with van der Waals surface area (Å²) in [4.78, 5) is 11.7. The van der Waals surface area contributed by atoms with Crippen LogP contribution >= 0.6 is 0 Å². The van der Waals surface area contributed by atoms with E-state index in [1.165, 1.54) is 11.0 Å². The highest BCUT2D eigenvalue weighted by Gasteiger charge is 2.17. The maximum atomic E-state index is 11.7. The van der Waals surface area contributed by atoms with Crippen molar-refractivity contribution in [2.75, 3.05) is 0 Å². The molecule has 6 nitrogen and oxygen atoms in total. The van der Waals surface area contributed by atoms with Crippen molar-refractivity contribution in [3.05, 3.63) is 30.6 Å². The molecule has 0 fully saturated rings. The molecule has 0 aliphatic carbocycles. The van der Waals surface area contributed by atoms with E-state index in [4.69, 9.17) is 4.74 Å². The molecule has 1 aromatic heterocycles. The van der Waals surface area contributed by atoms with Gasteiger partial charge in [-0.2, -0.15) is 0 Å². The molecule has 0 N–H and O–H groups in total. The van der Waals surface area contributed by atoms with Crippen molar-refractivity contribution >= 4 is 5.97 Å². The van der Waals surface area contributed by atoms with Crippen LogP contribution in [0.25, 0.3) is 5.69 Å². The van der Waals surface area contributed by atoms with E-state index < -0.39 is 0 Å². The fraction of sp³-hybridized carbons (Fsp3) is 0.385. The zero-order valence-electron chi connectivity index (χ0n) is 11.2. The summed E-state index contributed by atoms with van der Waals surface area (Å²) >= 11 is 0. The summed E-state index contributed by atoms with van der Waals surface area (Å²) in [7, 11) is 0. The third-order valence-corrected chi connectivity index (χ3v) is 2.36. The van der Waals surface area contributed by atoms with E-state index in [0.29, 0.717) is 12.2 Å². The highest BCUT2D eigenvalue weighted by Crippen LogP contribution is 2.21. The van der Waals surface area contributed by atoms with Crippen molar-refractivity contribution in [3.8, 4) is 11.4 Å². The first kappa shape index (κ1) is 13.2. The van der Waals surface area contributed by atoms with Crippen LogP contribution < -0.4 is 4.74 Å². The topological polar surface area (TPSA) is 69.9 Å². The molecule has 0 saturated heterocycles. The number of rotatable bonds is 3. The average Bonchev–Trinajstić information content (AvgIpc) is 2.80. The van der Waals surface area contributed by atoms with Gasteiger partial charge in [-0.25, -0.2) is 4.68 Å². The summed E-state index contributed by atoms with van der Waals surface area (Å²) in [6.45, 7) is 5.99.